The van der Waals surface area contributed by atoms with Gasteiger partial charge < -0.3 is 11.1 Å². The van der Waals surface area contributed by atoms with Crippen LogP contribution in [0.4, 0.5) is 0 Å². The molecule has 1 aromatic carbocycles. The molecule has 0 aliphatic carbocycles. The van der Waals surface area contributed by atoms with Gasteiger partial charge in [0.2, 0.25) is 0 Å². The molecule has 114 valence electrons. The van der Waals surface area contributed by atoms with E-state index in [0.29, 0.717) is 11.1 Å². The molecule has 1 aromatic rings. The van der Waals surface area contributed by atoms with Crippen LogP contribution in [0.25, 0.3) is 0 Å². The fourth-order valence-corrected chi connectivity index (χ4v) is 2.36. The Labute approximate surface area is 125 Å². The van der Waals surface area contributed by atoms with Crippen LogP contribution >= 0.6 is 0 Å². The lowest BCUT2D eigenvalue weighted by Gasteiger charge is -2.08. The van der Waals surface area contributed by atoms with Gasteiger partial charge in [-0.3, -0.25) is 4.79 Å². The molecule has 0 saturated heterocycles. The van der Waals surface area contributed by atoms with E-state index in [2.05, 4.69) is 17.2 Å². The minimum atomic E-state index is -3.08. The van der Waals surface area contributed by atoms with E-state index in [4.69, 9.17) is 5.73 Å². The van der Waals surface area contributed by atoms with Crippen LogP contribution in [0, 0.1) is 18.8 Å². The van der Waals surface area contributed by atoms with Crippen LogP contribution in [0.5, 0.6) is 0 Å². The lowest BCUT2D eigenvalue weighted by atomic mass is 10.0. The summed E-state index contributed by atoms with van der Waals surface area (Å²) >= 11 is 0. The Morgan fingerprint density at radius 2 is 2.10 bits per heavy atom. The minimum absolute atomic E-state index is 0.0546. The summed E-state index contributed by atoms with van der Waals surface area (Å²) in [6.07, 6.45) is 0. The topological polar surface area (TPSA) is 89.3 Å². The van der Waals surface area contributed by atoms with Crippen molar-refractivity contribution < 1.29 is 13.2 Å². The van der Waals surface area contributed by atoms with Gasteiger partial charge in [0.25, 0.3) is 5.91 Å². The molecule has 0 heterocycles. The fraction of sp³-hybridized carbons (Fsp3) is 0.400. The van der Waals surface area contributed by atoms with Crippen molar-refractivity contribution in [2.24, 2.45) is 5.73 Å². The van der Waals surface area contributed by atoms with Crippen LogP contribution in [0.1, 0.15) is 28.4 Å². The van der Waals surface area contributed by atoms with E-state index >= 15 is 0 Å². The second-order valence-electron chi connectivity index (χ2n) is 4.53. The van der Waals surface area contributed by atoms with Gasteiger partial charge in [-0.2, -0.15) is 0 Å². The first-order valence-electron chi connectivity index (χ1n) is 6.68. The van der Waals surface area contributed by atoms with Crippen molar-refractivity contribution in [3.05, 3.63) is 34.9 Å². The Morgan fingerprint density at radius 3 is 2.71 bits per heavy atom. The molecule has 1 amide bonds. The lowest BCUT2D eigenvalue weighted by Crippen LogP contribution is -2.30. The van der Waals surface area contributed by atoms with Gasteiger partial charge in [-0.1, -0.05) is 24.8 Å². The minimum Gasteiger partial charge on any atom is -0.351 e. The van der Waals surface area contributed by atoms with Crippen molar-refractivity contribution in [3.8, 4) is 11.8 Å². The number of sulfone groups is 1. The van der Waals surface area contributed by atoms with E-state index in [-0.39, 0.29) is 30.5 Å². The zero-order chi connectivity index (χ0) is 15.9. The van der Waals surface area contributed by atoms with Crippen molar-refractivity contribution in [2.75, 3.05) is 24.6 Å². The third-order valence-corrected chi connectivity index (χ3v) is 4.66. The van der Waals surface area contributed by atoms with E-state index in [1.165, 1.54) is 0 Å². The molecule has 21 heavy (non-hydrogen) atoms. The average molecular weight is 308 g/mol. The molecule has 1 rings (SSSR count). The number of nitrogens with one attached hydrogen (secondary N) is 1. The van der Waals surface area contributed by atoms with E-state index in [9.17, 15) is 13.2 Å². The quantitative estimate of drug-likeness (QED) is 0.774. The van der Waals surface area contributed by atoms with E-state index in [0.717, 1.165) is 5.56 Å². The monoisotopic (exact) mass is 308 g/mol. The smallest absolute Gasteiger partial charge is 0.251 e. The van der Waals surface area contributed by atoms with E-state index in [1.807, 2.05) is 13.0 Å². The number of hydrogen-bond donors (Lipinski definition) is 2. The van der Waals surface area contributed by atoms with Crippen molar-refractivity contribution in [3.63, 3.8) is 0 Å². The number of nitrogens with two attached hydrogens (primary N) is 1. The van der Waals surface area contributed by atoms with Crippen molar-refractivity contribution in [2.45, 2.75) is 13.8 Å². The molecule has 0 fully saturated rings. The Bertz CT molecular complexity index is 670. The maximum absolute atomic E-state index is 12.1. The number of aryl methyl sites for hydroxylation is 1. The van der Waals surface area contributed by atoms with Gasteiger partial charge in [0.15, 0.2) is 9.84 Å². The van der Waals surface area contributed by atoms with Gasteiger partial charge in [-0.15, -0.1) is 0 Å². The molecule has 0 saturated carbocycles. The molecule has 0 aliphatic rings. The summed E-state index contributed by atoms with van der Waals surface area (Å²) in [4.78, 5) is 12.1. The molecular weight excluding hydrogens is 288 g/mol. The van der Waals surface area contributed by atoms with Crippen molar-refractivity contribution >= 4 is 15.7 Å². The van der Waals surface area contributed by atoms with Gasteiger partial charge in [0.1, 0.15) is 0 Å². The molecule has 0 bridgehead atoms. The summed E-state index contributed by atoms with van der Waals surface area (Å²) in [5.74, 6) is 5.32. The highest BCUT2D eigenvalue weighted by molar-refractivity contribution is 7.91. The Balaban J connectivity index is 2.78. The maximum Gasteiger partial charge on any atom is 0.251 e. The standard InChI is InChI=1S/C15H20N2O3S/c1-3-21(19,20)10-9-17-15(18)14-11-13(5-4-8-16)7-6-12(14)2/h6-7,11H,3,8-10,16H2,1-2H3,(H,17,18). The Hall–Kier alpha value is -1.84. The summed E-state index contributed by atoms with van der Waals surface area (Å²) in [5.41, 5.74) is 7.32. The molecule has 0 radical (unpaired) electrons. The molecular formula is C15H20N2O3S. The fourth-order valence-electron chi connectivity index (χ4n) is 1.66. The molecule has 5 nitrogen and oxygen atoms in total. The summed E-state index contributed by atoms with van der Waals surface area (Å²) in [6, 6.07) is 5.30. The molecule has 6 heteroatoms. The highest BCUT2D eigenvalue weighted by Gasteiger charge is 2.11. The van der Waals surface area contributed by atoms with E-state index < -0.39 is 9.84 Å². The van der Waals surface area contributed by atoms with Gasteiger partial charge in [-0.05, 0) is 24.6 Å². The third kappa shape index (κ3) is 5.58. The number of carbonyl (C=O) groups excluding carboxylic acids is 1. The zero-order valence-corrected chi connectivity index (χ0v) is 13.1. The average Bonchev–Trinajstić information content (AvgIpc) is 2.46. The van der Waals surface area contributed by atoms with Gasteiger partial charge in [-0.25, -0.2) is 8.42 Å². The highest BCUT2D eigenvalue weighted by Crippen LogP contribution is 2.10. The molecule has 0 atom stereocenters. The predicted molar refractivity (Wildman–Crippen MR) is 83.8 cm³/mol. The number of amides is 1. The third-order valence-electron chi connectivity index (χ3n) is 2.96. The largest absolute Gasteiger partial charge is 0.351 e. The summed E-state index contributed by atoms with van der Waals surface area (Å²) in [7, 11) is -3.08. The van der Waals surface area contributed by atoms with Crippen molar-refractivity contribution in [1.29, 1.82) is 0 Å². The Kier molecular flexibility index (Phi) is 6.40. The summed E-state index contributed by atoms with van der Waals surface area (Å²) in [5, 5.41) is 2.62. The second kappa shape index (κ2) is 7.81. The van der Waals surface area contributed by atoms with Crippen molar-refractivity contribution in [1.82, 2.24) is 5.32 Å². The summed E-state index contributed by atoms with van der Waals surface area (Å²) < 4.78 is 22.8. The first-order valence-corrected chi connectivity index (χ1v) is 8.50. The number of benzene rings is 1. The zero-order valence-electron chi connectivity index (χ0n) is 12.3. The van der Waals surface area contributed by atoms with Crippen LogP contribution in [0.2, 0.25) is 0 Å². The molecule has 0 aromatic heterocycles. The molecule has 0 aliphatic heterocycles. The molecule has 0 unspecified atom stereocenters. The Morgan fingerprint density at radius 1 is 1.38 bits per heavy atom. The normalized spacial score (nSPS) is 10.6. The highest BCUT2D eigenvalue weighted by atomic mass is 32.2. The lowest BCUT2D eigenvalue weighted by molar-refractivity contribution is 0.0955. The maximum atomic E-state index is 12.1. The van der Waals surface area contributed by atoms with Crippen LogP contribution in [-0.2, 0) is 9.84 Å². The predicted octanol–water partition coefficient (Wildman–Crippen LogP) is 0.470. The van der Waals surface area contributed by atoms with Crippen LogP contribution in [0.3, 0.4) is 0 Å². The summed E-state index contributed by atoms with van der Waals surface area (Å²) in [6.45, 7) is 3.76. The SMILES string of the molecule is CCS(=O)(=O)CCNC(=O)c1cc(C#CCN)ccc1C. The first-order chi connectivity index (χ1) is 9.89. The van der Waals surface area contributed by atoms with Gasteiger partial charge >= 0.3 is 0 Å². The van der Waals surface area contributed by atoms with Crippen LogP contribution in [-0.4, -0.2) is 38.9 Å². The second-order valence-corrected chi connectivity index (χ2v) is 7.00. The molecule has 0 spiro atoms. The molecule has 3 N–H and O–H groups in total. The number of carbonyl (C=O) groups is 1. The number of rotatable bonds is 5. The van der Waals surface area contributed by atoms with E-state index in [1.54, 1.807) is 19.1 Å². The first kappa shape index (κ1) is 17.2. The van der Waals surface area contributed by atoms with Crippen LogP contribution < -0.4 is 11.1 Å². The van der Waals surface area contributed by atoms with Gasteiger partial charge in [0.05, 0.1) is 12.3 Å². The van der Waals surface area contributed by atoms with Crippen LogP contribution in [0.15, 0.2) is 18.2 Å². The van der Waals surface area contributed by atoms with Gasteiger partial charge in [0, 0.05) is 23.4 Å². The number of hydrogen-bond acceptors (Lipinski definition) is 4.